The fourth-order valence-corrected chi connectivity index (χ4v) is 3.94. The van der Waals surface area contributed by atoms with Crippen molar-refractivity contribution in [3.63, 3.8) is 0 Å². The van der Waals surface area contributed by atoms with Gasteiger partial charge in [-0.15, -0.1) is 11.6 Å². The Morgan fingerprint density at radius 1 is 1.35 bits per heavy atom. The molecule has 0 radical (unpaired) electrons. The van der Waals surface area contributed by atoms with E-state index in [1.807, 2.05) is 13.2 Å². The van der Waals surface area contributed by atoms with E-state index in [4.69, 9.17) is 11.6 Å². The first-order chi connectivity index (χ1) is 7.91. The Balaban J connectivity index is 4.66. The van der Waals surface area contributed by atoms with E-state index in [1.165, 1.54) is 8.61 Å². The molecule has 0 spiro atoms. The molecule has 0 saturated heterocycles. The van der Waals surface area contributed by atoms with Gasteiger partial charge in [0.25, 0.3) is 10.2 Å². The maximum atomic E-state index is 12.2. The zero-order valence-corrected chi connectivity index (χ0v) is 13.4. The Morgan fingerprint density at radius 2 is 1.94 bits per heavy atom. The van der Waals surface area contributed by atoms with E-state index in [2.05, 4.69) is 0 Å². The summed E-state index contributed by atoms with van der Waals surface area (Å²) in [6, 6.07) is 0.0495. The Kier molecular flexibility index (Phi) is 8.84. The summed E-state index contributed by atoms with van der Waals surface area (Å²) >= 11 is 7.24. The summed E-state index contributed by atoms with van der Waals surface area (Å²) in [5, 5.41) is 0. The summed E-state index contributed by atoms with van der Waals surface area (Å²) < 4.78 is 27.3. The highest BCUT2D eigenvalue weighted by Crippen LogP contribution is 2.15. The lowest BCUT2D eigenvalue weighted by Gasteiger charge is -2.30. The van der Waals surface area contributed by atoms with Gasteiger partial charge >= 0.3 is 0 Å². The predicted octanol–water partition coefficient (Wildman–Crippen LogP) is 1.87. The summed E-state index contributed by atoms with van der Waals surface area (Å²) in [5.41, 5.74) is 0. The number of thioether (sulfide) groups is 1. The van der Waals surface area contributed by atoms with Crippen LogP contribution in [0.25, 0.3) is 0 Å². The molecule has 1 atom stereocenters. The van der Waals surface area contributed by atoms with Crippen molar-refractivity contribution in [2.45, 2.75) is 25.8 Å². The van der Waals surface area contributed by atoms with Crippen LogP contribution in [0.4, 0.5) is 0 Å². The van der Waals surface area contributed by atoms with Crippen LogP contribution >= 0.6 is 23.4 Å². The van der Waals surface area contributed by atoms with Gasteiger partial charge in [0.1, 0.15) is 0 Å². The highest BCUT2D eigenvalue weighted by molar-refractivity contribution is 7.98. The molecule has 0 aromatic rings. The molecule has 0 aliphatic heterocycles. The van der Waals surface area contributed by atoms with Gasteiger partial charge in [-0.25, -0.2) is 0 Å². The first-order valence-corrected chi connectivity index (χ1v) is 8.98. The van der Waals surface area contributed by atoms with E-state index in [-0.39, 0.29) is 6.04 Å². The molecule has 4 nitrogen and oxygen atoms in total. The average Bonchev–Trinajstić information content (AvgIpc) is 2.31. The largest absolute Gasteiger partial charge is 0.281 e. The molecule has 0 aromatic carbocycles. The first kappa shape index (κ1) is 17.5. The third-order valence-corrected chi connectivity index (χ3v) is 5.69. The molecular formula is C10H23ClN2O2S2. The molecule has 0 amide bonds. The van der Waals surface area contributed by atoms with E-state index in [0.717, 1.165) is 12.2 Å². The van der Waals surface area contributed by atoms with Crippen molar-refractivity contribution >= 4 is 33.6 Å². The van der Waals surface area contributed by atoms with Gasteiger partial charge < -0.3 is 0 Å². The summed E-state index contributed by atoms with van der Waals surface area (Å²) in [6.07, 6.45) is 3.48. The quantitative estimate of drug-likeness (QED) is 0.611. The van der Waals surface area contributed by atoms with Crippen molar-refractivity contribution in [1.29, 1.82) is 0 Å². The SMILES string of the molecule is CCC(CSC)N(C)S(=O)(=O)N(C)CCCCl. The van der Waals surface area contributed by atoms with E-state index >= 15 is 0 Å². The second kappa shape index (κ2) is 8.58. The highest BCUT2D eigenvalue weighted by atomic mass is 35.5. The molecule has 104 valence electrons. The van der Waals surface area contributed by atoms with Gasteiger partial charge in [-0.3, -0.25) is 0 Å². The zero-order valence-electron chi connectivity index (χ0n) is 11.0. The average molecular weight is 303 g/mol. The Morgan fingerprint density at radius 3 is 2.35 bits per heavy atom. The van der Waals surface area contributed by atoms with E-state index in [9.17, 15) is 8.42 Å². The van der Waals surface area contributed by atoms with Crippen LogP contribution in [0.15, 0.2) is 0 Å². The first-order valence-electron chi connectivity index (χ1n) is 5.66. The van der Waals surface area contributed by atoms with Gasteiger partial charge in [-0.2, -0.15) is 28.8 Å². The van der Waals surface area contributed by atoms with Gasteiger partial charge in [-0.05, 0) is 19.1 Å². The van der Waals surface area contributed by atoms with E-state index in [0.29, 0.717) is 18.8 Å². The van der Waals surface area contributed by atoms with Gasteiger partial charge in [0.15, 0.2) is 0 Å². The van der Waals surface area contributed by atoms with Gasteiger partial charge in [0, 0.05) is 38.3 Å². The lowest BCUT2D eigenvalue weighted by atomic mass is 10.3. The number of nitrogens with zero attached hydrogens (tertiary/aromatic N) is 2. The number of hydrogen-bond donors (Lipinski definition) is 0. The third-order valence-electron chi connectivity index (χ3n) is 2.71. The maximum Gasteiger partial charge on any atom is 0.281 e. The Hall–Kier alpha value is 0.510. The molecule has 7 heteroatoms. The van der Waals surface area contributed by atoms with E-state index < -0.39 is 10.2 Å². The minimum atomic E-state index is -3.35. The van der Waals surface area contributed by atoms with Gasteiger partial charge in [0.2, 0.25) is 0 Å². The standard InChI is InChI=1S/C10H23ClN2O2S2/c1-5-10(9-16-4)13(3)17(14,15)12(2)8-6-7-11/h10H,5-9H2,1-4H3. The molecule has 0 heterocycles. The topological polar surface area (TPSA) is 40.6 Å². The van der Waals surface area contributed by atoms with Crippen molar-refractivity contribution in [2.75, 3.05) is 38.5 Å². The normalized spacial score (nSPS) is 14.5. The van der Waals surface area contributed by atoms with Crippen molar-refractivity contribution in [2.24, 2.45) is 0 Å². The smallest absolute Gasteiger partial charge is 0.195 e. The summed E-state index contributed by atoms with van der Waals surface area (Å²) in [7, 11) is -0.0990. The molecule has 0 fully saturated rings. The molecule has 0 aliphatic rings. The van der Waals surface area contributed by atoms with E-state index in [1.54, 1.807) is 25.9 Å². The summed E-state index contributed by atoms with van der Waals surface area (Å²) in [5.74, 6) is 1.29. The van der Waals surface area contributed by atoms with Crippen LogP contribution in [0.2, 0.25) is 0 Å². The molecule has 17 heavy (non-hydrogen) atoms. The molecule has 0 aromatic heterocycles. The maximum absolute atomic E-state index is 12.2. The number of alkyl halides is 1. The lowest BCUT2D eigenvalue weighted by Crippen LogP contribution is -2.46. The van der Waals surface area contributed by atoms with Crippen molar-refractivity contribution < 1.29 is 8.42 Å². The molecular weight excluding hydrogens is 280 g/mol. The number of hydrogen-bond acceptors (Lipinski definition) is 3. The van der Waals surface area contributed by atoms with Crippen LogP contribution < -0.4 is 0 Å². The van der Waals surface area contributed by atoms with Crippen molar-refractivity contribution in [1.82, 2.24) is 8.61 Å². The van der Waals surface area contributed by atoms with Crippen LogP contribution in [-0.2, 0) is 10.2 Å². The molecule has 0 aliphatic carbocycles. The second-order valence-electron chi connectivity index (χ2n) is 3.91. The Bertz CT molecular complexity index is 299. The van der Waals surface area contributed by atoms with Gasteiger partial charge in [0.05, 0.1) is 0 Å². The fourth-order valence-electron chi connectivity index (χ4n) is 1.48. The van der Waals surface area contributed by atoms with Crippen molar-refractivity contribution in [3.05, 3.63) is 0 Å². The van der Waals surface area contributed by atoms with Crippen LogP contribution in [0, 0.1) is 0 Å². The molecule has 0 rings (SSSR count). The fraction of sp³-hybridized carbons (Fsp3) is 1.00. The number of rotatable bonds is 9. The molecule has 0 N–H and O–H groups in total. The Labute approximate surface area is 115 Å². The molecule has 0 bridgehead atoms. The molecule has 0 saturated carbocycles. The third kappa shape index (κ3) is 5.34. The van der Waals surface area contributed by atoms with Crippen LogP contribution in [0.5, 0.6) is 0 Å². The molecule has 1 unspecified atom stereocenters. The number of halogens is 1. The summed E-state index contributed by atoms with van der Waals surface area (Å²) in [6.45, 7) is 2.47. The van der Waals surface area contributed by atoms with Crippen LogP contribution in [0.1, 0.15) is 19.8 Å². The lowest BCUT2D eigenvalue weighted by molar-refractivity contribution is 0.342. The van der Waals surface area contributed by atoms with Crippen LogP contribution in [-0.4, -0.2) is 61.6 Å². The van der Waals surface area contributed by atoms with Crippen molar-refractivity contribution in [3.8, 4) is 0 Å². The zero-order chi connectivity index (χ0) is 13.5. The van der Waals surface area contributed by atoms with Crippen LogP contribution in [0.3, 0.4) is 0 Å². The minimum absolute atomic E-state index is 0.0495. The monoisotopic (exact) mass is 302 g/mol. The summed E-state index contributed by atoms with van der Waals surface area (Å²) in [4.78, 5) is 0. The van der Waals surface area contributed by atoms with Gasteiger partial charge in [-0.1, -0.05) is 6.92 Å². The highest BCUT2D eigenvalue weighted by Gasteiger charge is 2.28. The predicted molar refractivity (Wildman–Crippen MR) is 77.1 cm³/mol. The minimum Gasteiger partial charge on any atom is -0.195 e. The second-order valence-corrected chi connectivity index (χ2v) is 7.29.